The fourth-order valence-corrected chi connectivity index (χ4v) is 1.46. The van der Waals surface area contributed by atoms with Gasteiger partial charge in [0.1, 0.15) is 12.1 Å². The Kier molecular flexibility index (Phi) is 8.70. The lowest BCUT2D eigenvalue weighted by Gasteiger charge is -2.18. The molecule has 0 aromatic carbocycles. The first-order valence-electron chi connectivity index (χ1n) is 6.52. The lowest BCUT2D eigenvalue weighted by atomic mass is 10.1. The molecule has 0 radical (unpaired) electrons. The molecule has 0 unspecified atom stereocenters. The van der Waals surface area contributed by atoms with Gasteiger partial charge in [0.25, 0.3) is 0 Å². The molecule has 0 rings (SSSR count). The summed E-state index contributed by atoms with van der Waals surface area (Å²) < 4.78 is 0. The largest absolute Gasteiger partial charge is 0.481 e. The van der Waals surface area contributed by atoms with Crippen LogP contribution in [-0.4, -0.2) is 52.6 Å². The summed E-state index contributed by atoms with van der Waals surface area (Å²) in [6.45, 7) is 1.76. The van der Waals surface area contributed by atoms with Crippen molar-refractivity contribution in [3.8, 4) is 0 Å². The molecular weight excluding hydrogens is 282 g/mol. The Bertz CT molecular complexity index is 398. The third kappa shape index (κ3) is 8.58. The van der Waals surface area contributed by atoms with Crippen LogP contribution in [-0.2, 0) is 19.2 Å². The quantitative estimate of drug-likeness (QED) is 0.334. The van der Waals surface area contributed by atoms with E-state index in [0.29, 0.717) is 13.0 Å². The highest BCUT2D eigenvalue weighted by atomic mass is 16.4. The van der Waals surface area contributed by atoms with Gasteiger partial charge in [0.15, 0.2) is 0 Å². The highest BCUT2D eigenvalue weighted by Gasteiger charge is 2.24. The Morgan fingerprint density at radius 1 is 1.10 bits per heavy atom. The molecule has 0 saturated heterocycles. The van der Waals surface area contributed by atoms with Gasteiger partial charge in [-0.1, -0.05) is 0 Å². The molecule has 9 nitrogen and oxygen atoms in total. The maximum atomic E-state index is 11.8. The minimum absolute atomic E-state index is 0.176. The molecular formula is C12H21N3O6. The fourth-order valence-electron chi connectivity index (χ4n) is 1.46. The van der Waals surface area contributed by atoms with Gasteiger partial charge < -0.3 is 26.6 Å². The lowest BCUT2D eigenvalue weighted by Crippen LogP contribution is -2.50. The van der Waals surface area contributed by atoms with Crippen LogP contribution >= 0.6 is 0 Å². The number of carbonyl (C=O) groups excluding carboxylic acids is 2. The van der Waals surface area contributed by atoms with Crippen molar-refractivity contribution in [1.29, 1.82) is 0 Å². The zero-order chi connectivity index (χ0) is 16.4. The van der Waals surface area contributed by atoms with Gasteiger partial charge in [-0.05, 0) is 26.3 Å². The molecule has 21 heavy (non-hydrogen) atoms. The second-order valence-electron chi connectivity index (χ2n) is 4.51. The number of rotatable bonds is 10. The van der Waals surface area contributed by atoms with Gasteiger partial charge in [-0.15, -0.1) is 0 Å². The predicted molar refractivity (Wildman–Crippen MR) is 72.3 cm³/mol. The first kappa shape index (κ1) is 18.8. The molecule has 2 amide bonds. The molecule has 0 aromatic rings. The SMILES string of the molecule is C[C@H](NC(=O)CCCN)C(=O)N[C@@H](CCC(=O)O)C(=O)O. The van der Waals surface area contributed by atoms with Gasteiger partial charge >= 0.3 is 11.9 Å². The molecule has 6 N–H and O–H groups in total. The van der Waals surface area contributed by atoms with E-state index in [4.69, 9.17) is 15.9 Å². The second kappa shape index (κ2) is 9.70. The van der Waals surface area contributed by atoms with Crippen molar-refractivity contribution in [2.24, 2.45) is 5.73 Å². The highest BCUT2D eigenvalue weighted by molar-refractivity contribution is 5.90. The van der Waals surface area contributed by atoms with E-state index in [9.17, 15) is 19.2 Å². The van der Waals surface area contributed by atoms with Gasteiger partial charge in [-0.3, -0.25) is 14.4 Å². The van der Waals surface area contributed by atoms with Crippen LogP contribution in [0.3, 0.4) is 0 Å². The molecule has 2 atom stereocenters. The van der Waals surface area contributed by atoms with Crippen molar-refractivity contribution in [3.63, 3.8) is 0 Å². The van der Waals surface area contributed by atoms with E-state index < -0.39 is 29.9 Å². The molecule has 0 aliphatic carbocycles. The van der Waals surface area contributed by atoms with Gasteiger partial charge in [0.05, 0.1) is 0 Å². The maximum absolute atomic E-state index is 11.8. The van der Waals surface area contributed by atoms with Crippen molar-refractivity contribution in [3.05, 3.63) is 0 Å². The normalized spacial score (nSPS) is 13.0. The number of aliphatic carboxylic acids is 2. The summed E-state index contributed by atoms with van der Waals surface area (Å²) in [6.07, 6.45) is 0.0464. The topological polar surface area (TPSA) is 159 Å². The van der Waals surface area contributed by atoms with E-state index in [1.165, 1.54) is 6.92 Å². The third-order valence-corrected chi connectivity index (χ3v) is 2.64. The zero-order valence-corrected chi connectivity index (χ0v) is 11.8. The average molecular weight is 303 g/mol. The molecule has 0 fully saturated rings. The Morgan fingerprint density at radius 2 is 1.71 bits per heavy atom. The minimum atomic E-state index is -1.33. The van der Waals surface area contributed by atoms with Crippen LogP contribution in [0, 0.1) is 0 Å². The van der Waals surface area contributed by atoms with E-state index in [2.05, 4.69) is 10.6 Å². The number of hydrogen-bond acceptors (Lipinski definition) is 5. The number of nitrogens with two attached hydrogens (primary N) is 1. The molecule has 0 bridgehead atoms. The second-order valence-corrected chi connectivity index (χ2v) is 4.51. The number of amides is 2. The van der Waals surface area contributed by atoms with E-state index in [-0.39, 0.29) is 25.2 Å². The Morgan fingerprint density at radius 3 is 2.19 bits per heavy atom. The van der Waals surface area contributed by atoms with Crippen molar-refractivity contribution >= 4 is 23.8 Å². The van der Waals surface area contributed by atoms with Crippen LogP contribution in [0.4, 0.5) is 0 Å². The lowest BCUT2D eigenvalue weighted by molar-refractivity contribution is -0.143. The molecule has 9 heteroatoms. The van der Waals surface area contributed by atoms with Crippen LogP contribution in [0.15, 0.2) is 0 Å². The minimum Gasteiger partial charge on any atom is -0.481 e. The first-order chi connectivity index (χ1) is 9.77. The van der Waals surface area contributed by atoms with Crippen LogP contribution < -0.4 is 16.4 Å². The summed E-state index contributed by atoms with van der Waals surface area (Å²) >= 11 is 0. The van der Waals surface area contributed by atoms with Crippen molar-refractivity contribution in [2.75, 3.05) is 6.54 Å². The van der Waals surface area contributed by atoms with Crippen LogP contribution in [0.25, 0.3) is 0 Å². The number of carboxylic acid groups (broad SMARTS) is 2. The Balaban J connectivity index is 4.37. The predicted octanol–water partition coefficient (Wildman–Crippen LogP) is -1.34. The van der Waals surface area contributed by atoms with Crippen LogP contribution in [0.2, 0.25) is 0 Å². The standard InChI is InChI=1S/C12H21N3O6/c1-7(14-9(16)3-2-6-13)11(19)15-8(12(20)21)4-5-10(17)18/h7-8H,2-6,13H2,1H3,(H,14,16)(H,15,19)(H,17,18)(H,20,21)/t7-,8-/m0/s1. The van der Waals surface area contributed by atoms with Crippen molar-refractivity contribution in [1.82, 2.24) is 10.6 Å². The van der Waals surface area contributed by atoms with Crippen LogP contribution in [0.1, 0.15) is 32.6 Å². The van der Waals surface area contributed by atoms with E-state index >= 15 is 0 Å². The summed E-state index contributed by atoms with van der Waals surface area (Å²) in [5.74, 6) is -3.53. The van der Waals surface area contributed by atoms with E-state index in [1.807, 2.05) is 0 Å². The highest BCUT2D eigenvalue weighted by Crippen LogP contribution is 1.99. The molecule has 0 spiro atoms. The van der Waals surface area contributed by atoms with E-state index in [0.717, 1.165) is 0 Å². The molecule has 0 aliphatic rings. The zero-order valence-electron chi connectivity index (χ0n) is 11.8. The average Bonchev–Trinajstić information content (AvgIpc) is 2.40. The number of nitrogens with one attached hydrogen (secondary N) is 2. The van der Waals surface area contributed by atoms with Crippen molar-refractivity contribution < 1.29 is 29.4 Å². The molecule has 0 saturated carbocycles. The van der Waals surface area contributed by atoms with Gasteiger partial charge in [-0.25, -0.2) is 4.79 Å². The number of carbonyl (C=O) groups is 4. The number of carboxylic acids is 2. The van der Waals surface area contributed by atoms with Gasteiger partial charge in [0, 0.05) is 12.8 Å². The molecule has 0 aliphatic heterocycles. The van der Waals surface area contributed by atoms with Gasteiger partial charge in [0.2, 0.25) is 11.8 Å². The number of hydrogen-bond donors (Lipinski definition) is 5. The first-order valence-corrected chi connectivity index (χ1v) is 6.52. The maximum Gasteiger partial charge on any atom is 0.326 e. The monoisotopic (exact) mass is 303 g/mol. The van der Waals surface area contributed by atoms with Gasteiger partial charge in [-0.2, -0.15) is 0 Å². The molecule has 120 valence electrons. The summed E-state index contributed by atoms with van der Waals surface area (Å²) in [6, 6.07) is -2.22. The van der Waals surface area contributed by atoms with E-state index in [1.54, 1.807) is 0 Å². The molecule has 0 heterocycles. The Labute approximate surface area is 121 Å². The fraction of sp³-hybridized carbons (Fsp3) is 0.667. The summed E-state index contributed by atoms with van der Waals surface area (Å²) in [4.78, 5) is 44.5. The summed E-state index contributed by atoms with van der Waals surface area (Å²) in [5.41, 5.74) is 5.25. The Hall–Kier alpha value is -2.16. The summed E-state index contributed by atoms with van der Waals surface area (Å²) in [7, 11) is 0. The molecule has 0 aromatic heterocycles. The van der Waals surface area contributed by atoms with Crippen LogP contribution in [0.5, 0.6) is 0 Å². The summed E-state index contributed by atoms with van der Waals surface area (Å²) in [5, 5.41) is 22.0. The third-order valence-electron chi connectivity index (χ3n) is 2.64. The van der Waals surface area contributed by atoms with Crippen molar-refractivity contribution in [2.45, 2.75) is 44.7 Å². The smallest absolute Gasteiger partial charge is 0.326 e.